The van der Waals surface area contributed by atoms with Crippen molar-refractivity contribution in [2.75, 3.05) is 33.3 Å². The molecule has 156 valence electrons. The van der Waals surface area contributed by atoms with Crippen molar-refractivity contribution in [3.05, 3.63) is 47.0 Å². The number of methoxy groups -OCH3 is 3. The lowest BCUT2D eigenvalue weighted by Crippen LogP contribution is -2.21. The Bertz CT molecular complexity index is 832. The molecular weight excluding hydrogens is 374 g/mol. The van der Waals surface area contributed by atoms with E-state index in [-0.39, 0.29) is 18.9 Å². The van der Waals surface area contributed by atoms with Gasteiger partial charge in [-0.2, -0.15) is 0 Å². The van der Waals surface area contributed by atoms with E-state index in [9.17, 15) is 9.59 Å². The van der Waals surface area contributed by atoms with Crippen LogP contribution in [0, 0.1) is 13.8 Å². The summed E-state index contributed by atoms with van der Waals surface area (Å²) in [6.45, 7) is 3.57. The van der Waals surface area contributed by atoms with Gasteiger partial charge in [0.15, 0.2) is 18.1 Å². The molecule has 7 heteroatoms. The van der Waals surface area contributed by atoms with E-state index in [1.54, 1.807) is 12.1 Å². The summed E-state index contributed by atoms with van der Waals surface area (Å²) in [7, 11) is 4.59. The SMILES string of the molecule is COc1cc(CCC(=O)OCC(=O)Nc2cc(C)cc(C)c2)cc(OC)c1OC. The van der Waals surface area contributed by atoms with E-state index in [0.717, 1.165) is 16.7 Å². The zero-order valence-electron chi connectivity index (χ0n) is 17.5. The fourth-order valence-electron chi connectivity index (χ4n) is 2.99. The van der Waals surface area contributed by atoms with E-state index in [1.165, 1.54) is 21.3 Å². The Morgan fingerprint density at radius 1 is 0.862 bits per heavy atom. The number of carbonyl (C=O) groups excluding carboxylic acids is 2. The topological polar surface area (TPSA) is 83.1 Å². The molecular formula is C22H27NO6. The Hall–Kier alpha value is -3.22. The van der Waals surface area contributed by atoms with Crippen molar-refractivity contribution < 1.29 is 28.5 Å². The highest BCUT2D eigenvalue weighted by molar-refractivity contribution is 5.93. The summed E-state index contributed by atoms with van der Waals surface area (Å²) >= 11 is 0. The smallest absolute Gasteiger partial charge is 0.306 e. The number of anilines is 1. The molecule has 0 aliphatic heterocycles. The minimum atomic E-state index is -0.464. The van der Waals surface area contributed by atoms with Gasteiger partial charge in [-0.25, -0.2) is 0 Å². The van der Waals surface area contributed by atoms with E-state index < -0.39 is 5.97 Å². The molecule has 0 spiro atoms. The van der Waals surface area contributed by atoms with Crippen LogP contribution in [0.15, 0.2) is 30.3 Å². The minimum absolute atomic E-state index is 0.121. The molecule has 29 heavy (non-hydrogen) atoms. The quantitative estimate of drug-likeness (QED) is 0.648. The van der Waals surface area contributed by atoms with Gasteiger partial charge in [0.25, 0.3) is 5.91 Å². The highest BCUT2D eigenvalue weighted by Crippen LogP contribution is 2.38. The zero-order chi connectivity index (χ0) is 21.4. The molecule has 0 radical (unpaired) electrons. The Morgan fingerprint density at radius 2 is 1.45 bits per heavy atom. The second-order valence-corrected chi connectivity index (χ2v) is 6.62. The highest BCUT2D eigenvalue weighted by Gasteiger charge is 2.15. The van der Waals surface area contributed by atoms with Crippen molar-refractivity contribution in [2.24, 2.45) is 0 Å². The maximum atomic E-state index is 12.0. The first-order valence-electron chi connectivity index (χ1n) is 9.19. The number of aryl methyl sites for hydroxylation is 3. The standard InChI is InChI=1S/C22H27NO6/c1-14-8-15(2)10-17(9-14)23-20(24)13-29-21(25)7-6-16-11-18(26-3)22(28-5)19(12-16)27-4/h8-12H,6-7,13H2,1-5H3,(H,23,24). The van der Waals surface area contributed by atoms with Gasteiger partial charge in [0, 0.05) is 12.1 Å². The fourth-order valence-corrected chi connectivity index (χ4v) is 2.99. The van der Waals surface area contributed by atoms with E-state index in [4.69, 9.17) is 18.9 Å². The normalized spacial score (nSPS) is 10.2. The number of esters is 1. The second kappa shape index (κ2) is 10.4. The van der Waals surface area contributed by atoms with Crippen molar-refractivity contribution in [1.29, 1.82) is 0 Å². The molecule has 0 unspecified atom stereocenters. The first kappa shape index (κ1) is 22.1. The molecule has 1 amide bonds. The van der Waals surface area contributed by atoms with Gasteiger partial charge >= 0.3 is 5.97 Å². The van der Waals surface area contributed by atoms with Gasteiger partial charge in [-0.15, -0.1) is 0 Å². The molecule has 2 rings (SSSR count). The number of amides is 1. The third kappa shape index (κ3) is 6.41. The maximum absolute atomic E-state index is 12.0. The first-order chi connectivity index (χ1) is 13.9. The van der Waals surface area contributed by atoms with Crippen LogP contribution in [-0.2, 0) is 20.7 Å². The monoisotopic (exact) mass is 401 g/mol. The Labute approximate surface area is 170 Å². The average Bonchev–Trinajstić information content (AvgIpc) is 2.68. The number of ether oxygens (including phenoxy) is 4. The Kier molecular flexibility index (Phi) is 7.88. The van der Waals surface area contributed by atoms with Crippen LogP contribution in [0.5, 0.6) is 17.2 Å². The highest BCUT2D eigenvalue weighted by atomic mass is 16.5. The molecule has 1 N–H and O–H groups in total. The van der Waals surface area contributed by atoms with Crippen LogP contribution in [0.3, 0.4) is 0 Å². The molecule has 0 saturated carbocycles. The van der Waals surface area contributed by atoms with Gasteiger partial charge in [0.1, 0.15) is 0 Å². The number of rotatable bonds is 9. The average molecular weight is 401 g/mol. The van der Waals surface area contributed by atoms with E-state index in [1.807, 2.05) is 32.0 Å². The van der Waals surface area contributed by atoms with E-state index in [2.05, 4.69) is 5.32 Å². The number of benzene rings is 2. The van der Waals surface area contributed by atoms with Crippen LogP contribution in [0.4, 0.5) is 5.69 Å². The largest absolute Gasteiger partial charge is 0.493 e. The molecule has 0 aliphatic rings. The summed E-state index contributed by atoms with van der Waals surface area (Å²) in [5.41, 5.74) is 3.60. The third-order valence-electron chi connectivity index (χ3n) is 4.21. The van der Waals surface area contributed by atoms with Gasteiger partial charge < -0.3 is 24.3 Å². The van der Waals surface area contributed by atoms with E-state index >= 15 is 0 Å². The lowest BCUT2D eigenvalue weighted by atomic mass is 10.1. The van der Waals surface area contributed by atoms with Crippen LogP contribution in [0.1, 0.15) is 23.1 Å². The number of hydrogen-bond donors (Lipinski definition) is 1. The minimum Gasteiger partial charge on any atom is -0.493 e. The Balaban J connectivity index is 1.87. The fraction of sp³-hybridized carbons (Fsp3) is 0.364. The van der Waals surface area contributed by atoms with Gasteiger partial charge in [-0.1, -0.05) is 6.07 Å². The molecule has 0 fully saturated rings. The second-order valence-electron chi connectivity index (χ2n) is 6.62. The van der Waals surface area contributed by atoms with E-state index in [0.29, 0.717) is 29.4 Å². The van der Waals surface area contributed by atoms with Gasteiger partial charge in [0.2, 0.25) is 5.75 Å². The summed E-state index contributed by atoms with van der Waals surface area (Å²) in [4.78, 5) is 24.0. The van der Waals surface area contributed by atoms with Gasteiger partial charge in [-0.3, -0.25) is 9.59 Å². The first-order valence-corrected chi connectivity index (χ1v) is 9.19. The molecule has 2 aromatic rings. The zero-order valence-corrected chi connectivity index (χ0v) is 17.5. The Morgan fingerprint density at radius 3 is 1.97 bits per heavy atom. The molecule has 0 saturated heterocycles. The molecule has 0 aliphatic carbocycles. The van der Waals surface area contributed by atoms with Gasteiger partial charge in [0.05, 0.1) is 21.3 Å². The van der Waals surface area contributed by atoms with Crippen molar-refractivity contribution in [1.82, 2.24) is 0 Å². The molecule has 0 aromatic heterocycles. The summed E-state index contributed by atoms with van der Waals surface area (Å²) in [5, 5.41) is 2.73. The lowest BCUT2D eigenvalue weighted by molar-refractivity contribution is -0.147. The van der Waals surface area contributed by atoms with Crippen LogP contribution in [-0.4, -0.2) is 39.8 Å². The summed E-state index contributed by atoms with van der Waals surface area (Å²) in [5.74, 6) is 0.681. The van der Waals surface area contributed by atoms with Crippen LogP contribution >= 0.6 is 0 Å². The third-order valence-corrected chi connectivity index (χ3v) is 4.21. The predicted octanol–water partition coefficient (Wildman–Crippen LogP) is 3.44. The molecule has 0 heterocycles. The molecule has 0 atom stereocenters. The van der Waals surface area contributed by atoms with Crippen molar-refractivity contribution in [2.45, 2.75) is 26.7 Å². The molecule has 0 bridgehead atoms. The summed E-state index contributed by atoms with van der Waals surface area (Å²) in [6, 6.07) is 9.29. The predicted molar refractivity (Wildman–Crippen MR) is 110 cm³/mol. The van der Waals surface area contributed by atoms with Crippen molar-refractivity contribution in [3.8, 4) is 17.2 Å². The van der Waals surface area contributed by atoms with Crippen LogP contribution in [0.2, 0.25) is 0 Å². The maximum Gasteiger partial charge on any atom is 0.306 e. The van der Waals surface area contributed by atoms with Crippen molar-refractivity contribution >= 4 is 17.6 Å². The van der Waals surface area contributed by atoms with Crippen LogP contribution in [0.25, 0.3) is 0 Å². The molecule has 2 aromatic carbocycles. The van der Waals surface area contributed by atoms with Crippen LogP contribution < -0.4 is 19.5 Å². The number of carbonyl (C=O) groups is 2. The summed E-state index contributed by atoms with van der Waals surface area (Å²) < 4.78 is 21.0. The molecule has 7 nitrogen and oxygen atoms in total. The summed E-state index contributed by atoms with van der Waals surface area (Å²) in [6.07, 6.45) is 0.531. The number of nitrogens with one attached hydrogen (secondary N) is 1. The number of hydrogen-bond acceptors (Lipinski definition) is 6. The van der Waals surface area contributed by atoms with Crippen molar-refractivity contribution in [3.63, 3.8) is 0 Å². The lowest BCUT2D eigenvalue weighted by Gasteiger charge is -2.14. The van der Waals surface area contributed by atoms with Gasteiger partial charge in [-0.05, 0) is 61.2 Å².